The monoisotopic (exact) mass is 380 g/mol. The van der Waals surface area contributed by atoms with Gasteiger partial charge in [-0.25, -0.2) is 4.68 Å². The first-order valence-electron chi connectivity index (χ1n) is 8.38. The smallest absolute Gasteiger partial charge is 0.309 e. The van der Waals surface area contributed by atoms with Crippen LogP contribution in [0.1, 0.15) is 19.8 Å². The minimum absolute atomic E-state index is 0.00758. The van der Waals surface area contributed by atoms with Crippen LogP contribution < -0.4 is 0 Å². The number of aromatic nitrogens is 3. The molecule has 0 N–H and O–H groups in total. The minimum Gasteiger partial charge on any atom is -0.466 e. The molecule has 8 heteroatoms. The highest BCUT2D eigenvalue weighted by Gasteiger charge is 2.26. The van der Waals surface area contributed by atoms with Crippen molar-refractivity contribution in [3.8, 4) is 5.69 Å². The van der Waals surface area contributed by atoms with Gasteiger partial charge in [0.1, 0.15) is 6.33 Å². The SMILES string of the molecule is CCOC(=O)C1CCN(Cn2ncn(-c3cccc(Cl)c3)c2=S)CC1. The van der Waals surface area contributed by atoms with Gasteiger partial charge in [0, 0.05) is 18.1 Å². The number of nitrogens with zero attached hydrogens (tertiary/aromatic N) is 4. The molecule has 2 aromatic rings. The zero-order chi connectivity index (χ0) is 17.8. The van der Waals surface area contributed by atoms with Crippen LogP contribution >= 0.6 is 23.8 Å². The molecule has 0 spiro atoms. The lowest BCUT2D eigenvalue weighted by Gasteiger charge is -2.30. The molecule has 0 aliphatic carbocycles. The summed E-state index contributed by atoms with van der Waals surface area (Å²) in [6.45, 7) is 4.55. The highest BCUT2D eigenvalue weighted by atomic mass is 35.5. The maximum Gasteiger partial charge on any atom is 0.309 e. The molecule has 134 valence electrons. The number of halogens is 1. The molecule has 1 fully saturated rings. The molecule has 1 saturated heterocycles. The maximum atomic E-state index is 11.8. The van der Waals surface area contributed by atoms with Crippen molar-refractivity contribution in [1.82, 2.24) is 19.2 Å². The van der Waals surface area contributed by atoms with Crippen molar-refractivity contribution in [3.05, 3.63) is 40.4 Å². The zero-order valence-electron chi connectivity index (χ0n) is 14.1. The predicted molar refractivity (Wildman–Crippen MR) is 98.3 cm³/mol. The molecule has 1 aromatic carbocycles. The van der Waals surface area contributed by atoms with Crippen molar-refractivity contribution in [2.24, 2.45) is 5.92 Å². The number of hydrogen-bond acceptors (Lipinski definition) is 5. The van der Waals surface area contributed by atoms with Crippen molar-refractivity contribution in [3.63, 3.8) is 0 Å². The van der Waals surface area contributed by atoms with E-state index in [0.29, 0.717) is 23.1 Å². The van der Waals surface area contributed by atoms with E-state index < -0.39 is 0 Å². The van der Waals surface area contributed by atoms with E-state index in [0.717, 1.165) is 31.6 Å². The number of carbonyl (C=O) groups excluding carboxylic acids is 1. The minimum atomic E-state index is -0.0796. The van der Waals surface area contributed by atoms with E-state index in [9.17, 15) is 4.79 Å². The molecule has 0 unspecified atom stereocenters. The molecule has 0 radical (unpaired) electrons. The predicted octanol–water partition coefficient (Wildman–Crippen LogP) is 3.29. The van der Waals surface area contributed by atoms with Crippen molar-refractivity contribution in [1.29, 1.82) is 0 Å². The van der Waals surface area contributed by atoms with Gasteiger partial charge in [-0.1, -0.05) is 17.7 Å². The van der Waals surface area contributed by atoms with Gasteiger partial charge in [-0.3, -0.25) is 14.3 Å². The van der Waals surface area contributed by atoms with Gasteiger partial charge in [0.15, 0.2) is 0 Å². The Hall–Kier alpha value is -1.70. The first-order chi connectivity index (χ1) is 12.1. The van der Waals surface area contributed by atoms with Crippen LogP contribution in [0.15, 0.2) is 30.6 Å². The Balaban J connectivity index is 1.64. The summed E-state index contributed by atoms with van der Waals surface area (Å²) in [5.74, 6) is -0.0721. The van der Waals surface area contributed by atoms with Crippen LogP contribution in [0.3, 0.4) is 0 Å². The number of esters is 1. The van der Waals surface area contributed by atoms with Crippen LogP contribution in [0.5, 0.6) is 0 Å². The van der Waals surface area contributed by atoms with Crippen LogP contribution in [0.25, 0.3) is 5.69 Å². The molecule has 6 nitrogen and oxygen atoms in total. The third-order valence-corrected chi connectivity index (χ3v) is 5.00. The van der Waals surface area contributed by atoms with Crippen LogP contribution in [-0.2, 0) is 16.2 Å². The fourth-order valence-corrected chi connectivity index (χ4v) is 3.44. The molecular formula is C17H21ClN4O2S. The second-order valence-electron chi connectivity index (χ2n) is 6.05. The number of rotatable bonds is 5. The number of ether oxygens (including phenoxy) is 1. The lowest BCUT2D eigenvalue weighted by Crippen LogP contribution is -2.38. The first-order valence-corrected chi connectivity index (χ1v) is 9.16. The van der Waals surface area contributed by atoms with Gasteiger partial charge in [0.05, 0.1) is 24.9 Å². The summed E-state index contributed by atoms with van der Waals surface area (Å²) in [5.41, 5.74) is 0.893. The zero-order valence-corrected chi connectivity index (χ0v) is 15.7. The summed E-state index contributed by atoms with van der Waals surface area (Å²) in [6, 6.07) is 7.51. The van der Waals surface area contributed by atoms with Gasteiger partial charge in [0.2, 0.25) is 4.77 Å². The molecule has 3 rings (SSSR count). The van der Waals surface area contributed by atoms with E-state index >= 15 is 0 Å². The van der Waals surface area contributed by atoms with Gasteiger partial charge in [-0.2, -0.15) is 5.10 Å². The van der Waals surface area contributed by atoms with Crippen LogP contribution in [0.2, 0.25) is 5.02 Å². The Labute approximate surface area is 157 Å². The molecule has 0 atom stereocenters. The quantitative estimate of drug-likeness (QED) is 0.588. The number of piperidine rings is 1. The fourth-order valence-electron chi connectivity index (χ4n) is 3.00. The lowest BCUT2D eigenvalue weighted by molar-refractivity contribution is -0.149. The average Bonchev–Trinajstić information content (AvgIpc) is 2.96. The molecule has 0 saturated carbocycles. The lowest BCUT2D eigenvalue weighted by atomic mass is 9.97. The van der Waals surface area contributed by atoms with Crippen molar-refractivity contribution in [2.75, 3.05) is 19.7 Å². The van der Waals surface area contributed by atoms with E-state index in [4.69, 9.17) is 28.6 Å². The number of hydrogen-bond donors (Lipinski definition) is 0. The third-order valence-electron chi connectivity index (χ3n) is 4.36. The van der Waals surface area contributed by atoms with Gasteiger partial charge in [0.25, 0.3) is 0 Å². The van der Waals surface area contributed by atoms with Gasteiger partial charge in [-0.05, 0) is 50.2 Å². The molecular weight excluding hydrogens is 360 g/mol. The summed E-state index contributed by atoms with van der Waals surface area (Å²) in [4.78, 5) is 14.1. The van der Waals surface area contributed by atoms with Gasteiger partial charge < -0.3 is 4.74 Å². The van der Waals surface area contributed by atoms with Crippen molar-refractivity contribution < 1.29 is 9.53 Å². The van der Waals surface area contributed by atoms with E-state index in [1.54, 1.807) is 11.0 Å². The Morgan fingerprint density at radius 2 is 2.16 bits per heavy atom. The molecule has 0 amide bonds. The van der Waals surface area contributed by atoms with E-state index in [-0.39, 0.29) is 11.9 Å². The highest BCUT2D eigenvalue weighted by molar-refractivity contribution is 7.71. The Bertz CT molecular complexity index is 796. The average molecular weight is 381 g/mol. The van der Waals surface area contributed by atoms with Crippen LogP contribution in [0, 0.1) is 10.7 Å². The normalized spacial score (nSPS) is 16.1. The van der Waals surface area contributed by atoms with E-state index in [1.165, 1.54) is 0 Å². The topological polar surface area (TPSA) is 52.3 Å². The summed E-state index contributed by atoms with van der Waals surface area (Å²) < 4.78 is 9.36. The summed E-state index contributed by atoms with van der Waals surface area (Å²) in [6.07, 6.45) is 3.32. The third kappa shape index (κ3) is 4.29. The van der Waals surface area contributed by atoms with Crippen molar-refractivity contribution in [2.45, 2.75) is 26.4 Å². The second kappa shape index (κ2) is 8.12. The highest BCUT2D eigenvalue weighted by Crippen LogP contribution is 2.20. The van der Waals surface area contributed by atoms with Crippen molar-refractivity contribution >= 4 is 29.8 Å². The molecule has 0 bridgehead atoms. The Morgan fingerprint density at radius 3 is 2.84 bits per heavy atom. The Kier molecular flexibility index (Phi) is 5.88. The van der Waals surface area contributed by atoms with Gasteiger partial charge >= 0.3 is 5.97 Å². The summed E-state index contributed by atoms with van der Waals surface area (Å²) in [7, 11) is 0. The second-order valence-corrected chi connectivity index (χ2v) is 6.85. The van der Waals surface area contributed by atoms with E-state index in [1.807, 2.05) is 35.8 Å². The number of carbonyl (C=O) groups is 1. The fraction of sp³-hybridized carbons (Fsp3) is 0.471. The molecule has 2 heterocycles. The summed E-state index contributed by atoms with van der Waals surface area (Å²) in [5, 5.41) is 5.06. The Morgan fingerprint density at radius 1 is 1.40 bits per heavy atom. The largest absolute Gasteiger partial charge is 0.466 e. The molecule has 1 aromatic heterocycles. The summed E-state index contributed by atoms with van der Waals surface area (Å²) >= 11 is 11.6. The molecule has 1 aliphatic rings. The number of likely N-dealkylation sites (tertiary alicyclic amines) is 1. The van der Waals surface area contributed by atoms with Gasteiger partial charge in [-0.15, -0.1) is 0 Å². The molecule has 25 heavy (non-hydrogen) atoms. The van der Waals surface area contributed by atoms with Crippen LogP contribution in [-0.4, -0.2) is 44.9 Å². The first kappa shape index (κ1) is 18.1. The van der Waals surface area contributed by atoms with Crippen LogP contribution in [0.4, 0.5) is 0 Å². The molecule has 1 aliphatic heterocycles. The number of benzene rings is 1. The maximum absolute atomic E-state index is 11.8. The standard InChI is InChI=1S/C17H21ClN4O2S/c1-2-24-16(23)13-6-8-20(9-7-13)12-22-17(25)21(11-19-22)15-5-3-4-14(18)10-15/h3-5,10-11,13H,2,6-9,12H2,1H3. The van der Waals surface area contributed by atoms with E-state index in [2.05, 4.69) is 10.00 Å².